The summed E-state index contributed by atoms with van der Waals surface area (Å²) in [6, 6.07) is 7.48. The monoisotopic (exact) mass is 572 g/mol. The number of halogens is 4. The van der Waals surface area contributed by atoms with E-state index in [4.69, 9.17) is 17.1 Å². The molecule has 0 radical (unpaired) electrons. The summed E-state index contributed by atoms with van der Waals surface area (Å²) in [5.41, 5.74) is 10.4. The van der Waals surface area contributed by atoms with Gasteiger partial charge in [-0.1, -0.05) is 41.0 Å². The van der Waals surface area contributed by atoms with Crippen LogP contribution in [0.3, 0.4) is 0 Å². The minimum atomic E-state index is -4.55. The normalized spacial score (nSPS) is 15.4. The summed E-state index contributed by atoms with van der Waals surface area (Å²) in [6.45, 7) is 6.13. The lowest BCUT2D eigenvalue weighted by Gasteiger charge is -2.31. The summed E-state index contributed by atoms with van der Waals surface area (Å²) in [7, 11) is 0. The van der Waals surface area contributed by atoms with Crippen molar-refractivity contribution >= 4 is 23.3 Å². The summed E-state index contributed by atoms with van der Waals surface area (Å²) in [5.74, 6) is 0.276. The van der Waals surface area contributed by atoms with Crippen molar-refractivity contribution in [1.29, 1.82) is 0 Å². The number of aromatic nitrogens is 6. The molecule has 1 amide bonds. The molecule has 0 fully saturated rings. The Kier molecular flexibility index (Phi) is 7.06. The van der Waals surface area contributed by atoms with Gasteiger partial charge in [0.05, 0.1) is 24.3 Å². The molecule has 15 heteroatoms. The molecule has 1 aliphatic rings. The lowest BCUT2D eigenvalue weighted by Crippen LogP contribution is -2.45. The molecule has 3 aromatic heterocycles. The molecule has 1 unspecified atom stereocenters. The highest BCUT2D eigenvalue weighted by Gasteiger charge is 2.36. The first-order chi connectivity index (χ1) is 19.0. The van der Waals surface area contributed by atoms with E-state index in [0.717, 1.165) is 6.20 Å². The van der Waals surface area contributed by atoms with Crippen LogP contribution in [-0.4, -0.2) is 41.1 Å². The molecule has 4 heterocycles. The van der Waals surface area contributed by atoms with Crippen molar-refractivity contribution in [1.82, 2.24) is 29.1 Å². The number of azide groups is 1. The maximum atomic E-state index is 13.3. The van der Waals surface area contributed by atoms with Gasteiger partial charge in [0.2, 0.25) is 5.91 Å². The molecule has 1 aliphatic heterocycles. The van der Waals surface area contributed by atoms with Gasteiger partial charge >= 0.3 is 6.18 Å². The van der Waals surface area contributed by atoms with Crippen molar-refractivity contribution in [2.45, 2.75) is 58.7 Å². The third-order valence-electron chi connectivity index (χ3n) is 6.57. The number of hydrogen-bond donors (Lipinski definition) is 0. The molecular formula is C25H24ClF3N10O. The van der Waals surface area contributed by atoms with Gasteiger partial charge in [-0.25, -0.2) is 9.67 Å². The molecule has 0 saturated heterocycles. The molecule has 1 atom stereocenters. The molecule has 0 bridgehead atoms. The smallest absolute Gasteiger partial charge is 0.331 e. The van der Waals surface area contributed by atoms with Crippen LogP contribution in [0.5, 0.6) is 0 Å². The molecule has 4 aromatic rings. The van der Waals surface area contributed by atoms with Gasteiger partial charge in [0.15, 0.2) is 5.69 Å². The summed E-state index contributed by atoms with van der Waals surface area (Å²) in [6.07, 6.45) is -2.03. The number of amides is 1. The number of nitrogens with zero attached hydrogens (tertiary/aromatic N) is 10. The Labute approximate surface area is 231 Å². The molecule has 0 saturated carbocycles. The number of fused-ring (bicyclic) bond motifs is 1. The number of carbonyl (C=O) groups is 1. The molecular weight excluding hydrogens is 549 g/mol. The third kappa shape index (κ3) is 4.91. The zero-order valence-corrected chi connectivity index (χ0v) is 22.5. The first-order valence-corrected chi connectivity index (χ1v) is 12.8. The van der Waals surface area contributed by atoms with E-state index in [9.17, 15) is 18.0 Å². The van der Waals surface area contributed by atoms with E-state index in [1.54, 1.807) is 46.6 Å². The highest BCUT2D eigenvalue weighted by atomic mass is 35.5. The third-order valence-corrected chi connectivity index (χ3v) is 6.84. The topological polar surface area (TPSA) is 123 Å². The van der Waals surface area contributed by atoms with Gasteiger partial charge in [0.25, 0.3) is 0 Å². The van der Waals surface area contributed by atoms with E-state index >= 15 is 0 Å². The van der Waals surface area contributed by atoms with Gasteiger partial charge in [0.1, 0.15) is 29.1 Å². The van der Waals surface area contributed by atoms with Gasteiger partial charge in [0, 0.05) is 35.3 Å². The molecule has 0 aliphatic carbocycles. The predicted octanol–water partition coefficient (Wildman–Crippen LogP) is 6.11. The van der Waals surface area contributed by atoms with Crippen molar-refractivity contribution in [2.75, 3.05) is 4.90 Å². The van der Waals surface area contributed by atoms with Crippen LogP contribution < -0.4 is 4.90 Å². The van der Waals surface area contributed by atoms with Crippen molar-refractivity contribution < 1.29 is 18.0 Å². The van der Waals surface area contributed by atoms with Gasteiger partial charge in [-0.05, 0) is 31.9 Å². The van der Waals surface area contributed by atoms with Crippen molar-refractivity contribution in [3.63, 3.8) is 0 Å². The minimum Gasteiger partial charge on any atom is -0.331 e. The Hall–Kier alpha value is -4.29. The molecule has 208 valence electrons. The predicted molar refractivity (Wildman–Crippen MR) is 141 cm³/mol. The van der Waals surface area contributed by atoms with Crippen LogP contribution in [-0.2, 0) is 30.6 Å². The summed E-state index contributed by atoms with van der Waals surface area (Å²) in [4.78, 5) is 21.4. The Morgan fingerprint density at radius 2 is 1.98 bits per heavy atom. The van der Waals surface area contributed by atoms with E-state index in [2.05, 4.69) is 25.2 Å². The largest absolute Gasteiger partial charge is 0.434 e. The van der Waals surface area contributed by atoms with Crippen molar-refractivity contribution in [2.24, 2.45) is 5.11 Å². The maximum Gasteiger partial charge on any atom is 0.434 e. The van der Waals surface area contributed by atoms with Gasteiger partial charge in [-0.3, -0.25) is 14.4 Å². The van der Waals surface area contributed by atoms with Gasteiger partial charge < -0.3 is 4.57 Å². The van der Waals surface area contributed by atoms with Crippen LogP contribution in [0.2, 0.25) is 5.02 Å². The Balaban J connectivity index is 1.49. The lowest BCUT2D eigenvalue weighted by atomic mass is 10.1. The number of rotatable bonds is 7. The second kappa shape index (κ2) is 10.4. The van der Waals surface area contributed by atoms with Crippen LogP contribution in [0.4, 0.5) is 19.0 Å². The maximum absolute atomic E-state index is 13.3. The standard InChI is InChI=1S/C25H24ClF3N10O/c1-4-36-13-20(25(27,28)29)32-23(36)16-7-5-15(6-8-16)11-37-21-9-18(22-17(26)10-31-39(22)14(2)3)34-38(21)12-19(24(37)40)33-35-30/h5-10,13-14,19H,4,11-12H2,1-3H3. The van der Waals surface area contributed by atoms with Crippen molar-refractivity contribution in [3.05, 3.63) is 69.4 Å². The van der Waals surface area contributed by atoms with E-state index in [1.807, 2.05) is 13.8 Å². The number of alkyl halides is 3. The number of hydrogen-bond acceptors (Lipinski definition) is 5. The summed E-state index contributed by atoms with van der Waals surface area (Å²) in [5, 5.41) is 13.0. The van der Waals surface area contributed by atoms with Crippen LogP contribution in [0, 0.1) is 0 Å². The number of aryl methyl sites for hydroxylation is 1. The molecule has 0 spiro atoms. The fourth-order valence-corrected chi connectivity index (χ4v) is 4.88. The molecule has 11 nitrogen and oxygen atoms in total. The fourth-order valence-electron chi connectivity index (χ4n) is 4.65. The first kappa shape index (κ1) is 27.3. The zero-order chi connectivity index (χ0) is 28.8. The van der Waals surface area contributed by atoms with Crippen LogP contribution in [0.25, 0.3) is 33.2 Å². The minimum absolute atomic E-state index is 0.00364. The Bertz CT molecular complexity index is 1610. The Morgan fingerprint density at radius 1 is 1.25 bits per heavy atom. The van der Waals surface area contributed by atoms with Gasteiger partial charge in [-0.2, -0.15) is 23.4 Å². The summed E-state index contributed by atoms with van der Waals surface area (Å²) >= 11 is 6.42. The zero-order valence-electron chi connectivity index (χ0n) is 21.7. The lowest BCUT2D eigenvalue weighted by molar-refractivity contribution is -0.140. The Morgan fingerprint density at radius 3 is 2.60 bits per heavy atom. The quantitative estimate of drug-likeness (QED) is 0.151. The number of imidazole rings is 1. The van der Waals surface area contributed by atoms with E-state index < -0.39 is 23.8 Å². The van der Waals surface area contributed by atoms with E-state index in [1.165, 1.54) is 15.7 Å². The van der Waals surface area contributed by atoms with Crippen molar-refractivity contribution in [3.8, 4) is 22.8 Å². The van der Waals surface area contributed by atoms with E-state index in [-0.39, 0.29) is 25.0 Å². The van der Waals surface area contributed by atoms with E-state index in [0.29, 0.717) is 39.9 Å². The summed E-state index contributed by atoms with van der Waals surface area (Å²) < 4.78 is 44.4. The SMILES string of the molecule is CCn1cc(C(F)(F)F)nc1-c1ccc(CN2C(=O)C(N=[N+]=[N-])Cn3nc(-c4c(Cl)cnn4C(C)C)cc32)cc1. The molecule has 1 aromatic carbocycles. The molecule has 5 rings (SSSR count). The average molecular weight is 573 g/mol. The number of anilines is 1. The number of benzene rings is 1. The van der Waals surface area contributed by atoms with Gasteiger partial charge in [-0.15, -0.1) is 0 Å². The highest BCUT2D eigenvalue weighted by Crippen LogP contribution is 2.35. The fraction of sp³-hybridized carbons (Fsp3) is 0.360. The second-order valence-corrected chi connectivity index (χ2v) is 9.93. The average Bonchev–Trinajstić information content (AvgIpc) is 3.63. The van der Waals surface area contributed by atoms with Crippen LogP contribution >= 0.6 is 11.6 Å². The van der Waals surface area contributed by atoms with Crippen LogP contribution in [0.1, 0.15) is 38.1 Å². The first-order valence-electron chi connectivity index (χ1n) is 12.4. The molecule has 40 heavy (non-hydrogen) atoms. The number of carbonyl (C=O) groups excluding carboxylic acids is 1. The second-order valence-electron chi connectivity index (χ2n) is 9.52. The van der Waals surface area contributed by atoms with Crippen LogP contribution in [0.15, 0.2) is 47.8 Å². The molecule has 0 N–H and O–H groups in total. The highest BCUT2D eigenvalue weighted by molar-refractivity contribution is 6.33.